The minimum absolute atomic E-state index is 0.0312. The van der Waals surface area contributed by atoms with Crippen molar-refractivity contribution in [2.75, 3.05) is 6.61 Å². The first-order chi connectivity index (χ1) is 6.69. The Morgan fingerprint density at radius 2 is 2.36 bits per heavy atom. The quantitative estimate of drug-likeness (QED) is 0.726. The van der Waals surface area contributed by atoms with Crippen molar-refractivity contribution in [1.29, 1.82) is 0 Å². The van der Waals surface area contributed by atoms with E-state index in [0.717, 1.165) is 0 Å². The summed E-state index contributed by atoms with van der Waals surface area (Å²) < 4.78 is 10.4. The van der Waals surface area contributed by atoms with Gasteiger partial charge in [0.2, 0.25) is 6.10 Å². The SMILES string of the molecule is C=C/C=C1/O[C@@H](C(=O)O)CO/C1=C/C. The van der Waals surface area contributed by atoms with Crippen LogP contribution in [-0.2, 0) is 14.3 Å². The van der Waals surface area contributed by atoms with Crippen LogP contribution in [0.15, 0.2) is 36.3 Å². The maximum absolute atomic E-state index is 10.6. The molecule has 1 aliphatic heterocycles. The summed E-state index contributed by atoms with van der Waals surface area (Å²) in [7, 11) is 0. The van der Waals surface area contributed by atoms with Gasteiger partial charge in [-0.3, -0.25) is 0 Å². The zero-order chi connectivity index (χ0) is 10.6. The highest BCUT2D eigenvalue weighted by Gasteiger charge is 2.28. The number of carbonyl (C=O) groups is 1. The van der Waals surface area contributed by atoms with E-state index in [1.165, 1.54) is 6.08 Å². The zero-order valence-corrected chi connectivity index (χ0v) is 7.90. The van der Waals surface area contributed by atoms with Crippen molar-refractivity contribution < 1.29 is 19.4 Å². The van der Waals surface area contributed by atoms with Crippen LogP contribution in [0.4, 0.5) is 0 Å². The average molecular weight is 196 g/mol. The van der Waals surface area contributed by atoms with Gasteiger partial charge in [0.05, 0.1) is 0 Å². The summed E-state index contributed by atoms with van der Waals surface area (Å²) in [6, 6.07) is 0. The van der Waals surface area contributed by atoms with Crippen molar-refractivity contribution in [3.63, 3.8) is 0 Å². The van der Waals surface area contributed by atoms with Crippen LogP contribution >= 0.6 is 0 Å². The van der Waals surface area contributed by atoms with Crippen molar-refractivity contribution in [1.82, 2.24) is 0 Å². The highest BCUT2D eigenvalue weighted by Crippen LogP contribution is 2.21. The molecule has 1 rings (SSSR count). The lowest BCUT2D eigenvalue weighted by molar-refractivity contribution is -0.153. The topological polar surface area (TPSA) is 55.8 Å². The lowest BCUT2D eigenvalue weighted by Crippen LogP contribution is -2.33. The second-order valence-electron chi connectivity index (χ2n) is 2.68. The molecular formula is C10H12O4. The van der Waals surface area contributed by atoms with Gasteiger partial charge in [-0.05, 0) is 19.1 Å². The molecule has 4 nitrogen and oxygen atoms in total. The molecule has 4 heteroatoms. The van der Waals surface area contributed by atoms with Gasteiger partial charge >= 0.3 is 5.97 Å². The summed E-state index contributed by atoms with van der Waals surface area (Å²) in [6.07, 6.45) is 3.87. The van der Waals surface area contributed by atoms with Crippen molar-refractivity contribution in [3.05, 3.63) is 36.3 Å². The van der Waals surface area contributed by atoms with Crippen LogP contribution < -0.4 is 0 Å². The smallest absolute Gasteiger partial charge is 0.348 e. The molecule has 1 saturated heterocycles. The summed E-state index contributed by atoms with van der Waals surface area (Å²) in [5.74, 6) is -0.0846. The van der Waals surface area contributed by atoms with Crippen LogP contribution in [0.2, 0.25) is 0 Å². The second kappa shape index (κ2) is 4.50. The molecule has 76 valence electrons. The molecule has 0 spiro atoms. The molecule has 0 aromatic rings. The van der Waals surface area contributed by atoms with E-state index in [0.29, 0.717) is 11.5 Å². The second-order valence-corrected chi connectivity index (χ2v) is 2.68. The maximum atomic E-state index is 10.6. The first-order valence-corrected chi connectivity index (χ1v) is 4.20. The molecule has 0 bridgehead atoms. The molecule has 0 saturated carbocycles. The van der Waals surface area contributed by atoms with Crippen LogP contribution in [0.1, 0.15) is 6.92 Å². The predicted octanol–water partition coefficient (Wildman–Crippen LogP) is 1.46. The Morgan fingerprint density at radius 1 is 1.64 bits per heavy atom. The standard InChI is InChI=1S/C10H12O4/c1-3-5-8-7(4-2)13-6-9(14-8)10(11)12/h3-5,9H,1,6H2,2H3,(H,11,12)/b7-4+,8-5+/t9-/m1/s1. The fraction of sp³-hybridized carbons (Fsp3) is 0.300. The Kier molecular flexibility index (Phi) is 3.34. The molecule has 1 fully saturated rings. The fourth-order valence-electron chi connectivity index (χ4n) is 1.06. The number of aliphatic carboxylic acids is 1. The van der Waals surface area contributed by atoms with Crippen molar-refractivity contribution >= 4 is 5.97 Å². The van der Waals surface area contributed by atoms with Gasteiger partial charge in [-0.1, -0.05) is 12.7 Å². The Labute approximate surface area is 82.1 Å². The van der Waals surface area contributed by atoms with E-state index in [1.807, 2.05) is 0 Å². The van der Waals surface area contributed by atoms with E-state index < -0.39 is 12.1 Å². The molecule has 1 atom stereocenters. The monoisotopic (exact) mass is 196 g/mol. The molecular weight excluding hydrogens is 184 g/mol. The molecule has 1 N–H and O–H groups in total. The Hall–Kier alpha value is -1.71. The van der Waals surface area contributed by atoms with Gasteiger partial charge in [0.15, 0.2) is 11.5 Å². The lowest BCUT2D eigenvalue weighted by atomic mass is 10.3. The van der Waals surface area contributed by atoms with Crippen LogP contribution in [0.5, 0.6) is 0 Å². The summed E-state index contributed by atoms with van der Waals surface area (Å²) in [4.78, 5) is 10.6. The summed E-state index contributed by atoms with van der Waals surface area (Å²) in [5.41, 5.74) is 0. The van der Waals surface area contributed by atoms with Crippen LogP contribution in [0.3, 0.4) is 0 Å². The third-order valence-corrected chi connectivity index (χ3v) is 1.71. The highest BCUT2D eigenvalue weighted by molar-refractivity contribution is 5.73. The molecule has 0 aromatic heterocycles. The molecule has 0 unspecified atom stereocenters. The fourth-order valence-corrected chi connectivity index (χ4v) is 1.06. The van der Waals surface area contributed by atoms with Crippen LogP contribution in [0.25, 0.3) is 0 Å². The number of ether oxygens (including phenoxy) is 2. The predicted molar refractivity (Wildman–Crippen MR) is 50.5 cm³/mol. The van der Waals surface area contributed by atoms with Crippen molar-refractivity contribution in [3.8, 4) is 0 Å². The molecule has 0 aromatic carbocycles. The van der Waals surface area contributed by atoms with Crippen LogP contribution in [0, 0.1) is 0 Å². The van der Waals surface area contributed by atoms with Gasteiger partial charge in [-0.25, -0.2) is 4.79 Å². The van der Waals surface area contributed by atoms with E-state index in [1.54, 1.807) is 19.1 Å². The minimum Gasteiger partial charge on any atom is -0.486 e. The number of carboxylic acid groups (broad SMARTS) is 1. The van der Waals surface area contributed by atoms with Gasteiger partial charge in [0.1, 0.15) is 6.61 Å². The Morgan fingerprint density at radius 3 is 2.86 bits per heavy atom. The third kappa shape index (κ3) is 2.16. The van der Waals surface area contributed by atoms with Gasteiger partial charge in [0, 0.05) is 0 Å². The van der Waals surface area contributed by atoms with Crippen LogP contribution in [-0.4, -0.2) is 23.8 Å². The minimum atomic E-state index is -1.03. The number of allylic oxidation sites excluding steroid dienone is 3. The highest BCUT2D eigenvalue weighted by atomic mass is 16.6. The van der Waals surface area contributed by atoms with Gasteiger partial charge in [-0.15, -0.1) is 0 Å². The Balaban J connectivity index is 2.82. The van der Waals surface area contributed by atoms with E-state index in [-0.39, 0.29) is 6.61 Å². The third-order valence-electron chi connectivity index (χ3n) is 1.71. The Bertz CT molecular complexity index is 301. The van der Waals surface area contributed by atoms with Crippen molar-refractivity contribution in [2.45, 2.75) is 13.0 Å². The number of rotatable bonds is 2. The molecule has 0 amide bonds. The number of hydrogen-bond acceptors (Lipinski definition) is 3. The molecule has 1 aliphatic rings. The summed E-state index contributed by atoms with van der Waals surface area (Å²) in [6.45, 7) is 5.33. The number of carboxylic acids is 1. The van der Waals surface area contributed by atoms with E-state index >= 15 is 0 Å². The zero-order valence-electron chi connectivity index (χ0n) is 7.90. The normalized spacial score (nSPS) is 26.8. The van der Waals surface area contributed by atoms with E-state index in [2.05, 4.69) is 6.58 Å². The van der Waals surface area contributed by atoms with Gasteiger partial charge in [0.25, 0.3) is 0 Å². The lowest BCUT2D eigenvalue weighted by Gasteiger charge is -2.25. The molecule has 0 aliphatic carbocycles. The summed E-state index contributed by atoms with van der Waals surface area (Å²) >= 11 is 0. The van der Waals surface area contributed by atoms with Crippen molar-refractivity contribution in [2.24, 2.45) is 0 Å². The van der Waals surface area contributed by atoms with E-state index in [9.17, 15) is 4.79 Å². The first-order valence-electron chi connectivity index (χ1n) is 4.20. The van der Waals surface area contributed by atoms with Gasteiger partial charge < -0.3 is 14.6 Å². The maximum Gasteiger partial charge on any atom is 0.348 e. The molecule has 14 heavy (non-hydrogen) atoms. The first kappa shape index (κ1) is 10.4. The van der Waals surface area contributed by atoms with Gasteiger partial charge in [-0.2, -0.15) is 0 Å². The molecule has 1 heterocycles. The summed E-state index contributed by atoms with van der Waals surface area (Å²) in [5, 5.41) is 8.71. The molecule has 0 radical (unpaired) electrons. The van der Waals surface area contributed by atoms with E-state index in [4.69, 9.17) is 14.6 Å². The number of hydrogen-bond donors (Lipinski definition) is 1. The average Bonchev–Trinajstić information content (AvgIpc) is 2.18. The largest absolute Gasteiger partial charge is 0.486 e.